The van der Waals surface area contributed by atoms with Crippen LogP contribution in [-0.4, -0.2) is 23.0 Å². The smallest absolute Gasteiger partial charge is 0.325 e. The average Bonchev–Trinajstić information content (AvgIpc) is 2.38. The lowest BCUT2D eigenvalue weighted by Crippen LogP contribution is -2.39. The molecule has 0 spiro atoms. The minimum atomic E-state index is -1.04. The molecule has 4 heteroatoms. The van der Waals surface area contributed by atoms with Gasteiger partial charge in [-0.15, -0.1) is 0 Å². The van der Waals surface area contributed by atoms with Gasteiger partial charge in [-0.05, 0) is 23.3 Å². The molecule has 0 aliphatic rings. The molecule has 4 nitrogen and oxygen atoms in total. The molecule has 0 saturated carbocycles. The molecule has 0 unspecified atom stereocenters. The minimum Gasteiger partial charge on any atom is -0.480 e. The lowest BCUT2D eigenvalue weighted by atomic mass is 10.0. The van der Waals surface area contributed by atoms with Gasteiger partial charge >= 0.3 is 5.97 Å². The van der Waals surface area contributed by atoms with Crippen LogP contribution in [-0.2, 0) is 16.0 Å². The Hall–Kier alpha value is -2.36. The van der Waals surface area contributed by atoms with Crippen molar-refractivity contribution in [1.29, 1.82) is 0 Å². The average molecular weight is 257 g/mol. The van der Waals surface area contributed by atoms with Gasteiger partial charge in [-0.1, -0.05) is 42.5 Å². The molecule has 0 aliphatic heterocycles. The van der Waals surface area contributed by atoms with Gasteiger partial charge in [0.05, 0.1) is 6.42 Å². The second-order valence-corrected chi connectivity index (χ2v) is 4.49. The highest BCUT2D eigenvalue weighted by molar-refractivity contribution is 5.87. The molecule has 0 fully saturated rings. The number of amides is 1. The Morgan fingerprint density at radius 2 is 1.84 bits per heavy atom. The van der Waals surface area contributed by atoms with Gasteiger partial charge in [0, 0.05) is 0 Å². The molecule has 0 radical (unpaired) electrons. The van der Waals surface area contributed by atoms with E-state index >= 15 is 0 Å². The van der Waals surface area contributed by atoms with Crippen LogP contribution in [0.2, 0.25) is 0 Å². The van der Waals surface area contributed by atoms with Crippen molar-refractivity contribution in [2.75, 3.05) is 0 Å². The predicted molar refractivity (Wildman–Crippen MR) is 72.9 cm³/mol. The fourth-order valence-electron chi connectivity index (χ4n) is 1.89. The number of rotatable bonds is 4. The monoisotopic (exact) mass is 257 g/mol. The largest absolute Gasteiger partial charge is 0.480 e. The first kappa shape index (κ1) is 13.1. The molecule has 2 rings (SSSR count). The summed E-state index contributed by atoms with van der Waals surface area (Å²) >= 11 is 0. The maximum Gasteiger partial charge on any atom is 0.325 e. The molecule has 2 aromatic rings. The van der Waals surface area contributed by atoms with Crippen LogP contribution < -0.4 is 5.32 Å². The molecule has 98 valence electrons. The summed E-state index contributed by atoms with van der Waals surface area (Å²) in [6, 6.07) is 12.8. The maximum atomic E-state index is 11.7. The van der Waals surface area contributed by atoms with Gasteiger partial charge in [0.25, 0.3) is 0 Å². The minimum absolute atomic E-state index is 0.183. The number of benzene rings is 2. The Bertz CT molecular complexity index is 622. The summed E-state index contributed by atoms with van der Waals surface area (Å²) in [5, 5.41) is 13.3. The Morgan fingerprint density at radius 3 is 2.53 bits per heavy atom. The predicted octanol–water partition coefficient (Wildman–Crippen LogP) is 1.97. The third kappa shape index (κ3) is 3.31. The number of carboxylic acids is 1. The fourth-order valence-corrected chi connectivity index (χ4v) is 1.89. The van der Waals surface area contributed by atoms with Crippen molar-refractivity contribution in [1.82, 2.24) is 5.32 Å². The second-order valence-electron chi connectivity index (χ2n) is 4.49. The number of carbonyl (C=O) groups is 2. The Kier molecular flexibility index (Phi) is 3.80. The van der Waals surface area contributed by atoms with Gasteiger partial charge in [0.2, 0.25) is 5.91 Å². The molecular weight excluding hydrogens is 242 g/mol. The van der Waals surface area contributed by atoms with Crippen molar-refractivity contribution < 1.29 is 14.7 Å². The second kappa shape index (κ2) is 5.52. The van der Waals surface area contributed by atoms with E-state index in [9.17, 15) is 9.59 Å². The van der Waals surface area contributed by atoms with Crippen molar-refractivity contribution in [2.45, 2.75) is 19.4 Å². The van der Waals surface area contributed by atoms with Gasteiger partial charge in [-0.3, -0.25) is 9.59 Å². The molecule has 0 aliphatic carbocycles. The van der Waals surface area contributed by atoms with Gasteiger partial charge in [0.15, 0.2) is 0 Å². The Morgan fingerprint density at radius 1 is 1.16 bits per heavy atom. The molecule has 1 atom stereocenters. The van der Waals surface area contributed by atoms with Crippen LogP contribution in [0.5, 0.6) is 0 Å². The molecule has 19 heavy (non-hydrogen) atoms. The van der Waals surface area contributed by atoms with E-state index < -0.39 is 12.0 Å². The fraction of sp³-hybridized carbons (Fsp3) is 0.200. The van der Waals surface area contributed by atoms with Crippen molar-refractivity contribution >= 4 is 22.6 Å². The van der Waals surface area contributed by atoms with Crippen LogP contribution in [0.25, 0.3) is 10.8 Å². The van der Waals surface area contributed by atoms with Gasteiger partial charge in [-0.25, -0.2) is 0 Å². The summed E-state index contributed by atoms with van der Waals surface area (Å²) in [5.74, 6) is -1.32. The molecule has 0 saturated heterocycles. The third-order valence-electron chi connectivity index (χ3n) is 2.93. The zero-order valence-corrected chi connectivity index (χ0v) is 10.6. The van der Waals surface area contributed by atoms with Crippen molar-refractivity contribution in [2.24, 2.45) is 0 Å². The van der Waals surface area contributed by atoms with Crippen molar-refractivity contribution in [3.8, 4) is 0 Å². The summed E-state index contributed by atoms with van der Waals surface area (Å²) < 4.78 is 0. The summed E-state index contributed by atoms with van der Waals surface area (Å²) in [4.78, 5) is 22.3. The molecule has 0 bridgehead atoms. The van der Waals surface area contributed by atoms with Crippen LogP contribution in [0.4, 0.5) is 0 Å². The van der Waals surface area contributed by atoms with Gasteiger partial charge < -0.3 is 10.4 Å². The number of nitrogens with one attached hydrogen (secondary N) is 1. The molecular formula is C15H15NO3. The van der Waals surface area contributed by atoms with Crippen LogP contribution in [0.3, 0.4) is 0 Å². The normalized spacial score (nSPS) is 12.1. The summed E-state index contributed by atoms with van der Waals surface area (Å²) in [6.07, 6.45) is 0.183. The topological polar surface area (TPSA) is 66.4 Å². The standard InChI is InChI=1S/C15H15NO3/c1-10(15(18)19)16-14(17)9-11-6-7-12-4-2-3-5-13(12)8-11/h2-8,10H,9H2,1H3,(H,16,17)(H,18,19)/t10-/m0/s1. The lowest BCUT2D eigenvalue weighted by Gasteiger charge is -2.09. The SMILES string of the molecule is C[C@H](NC(=O)Cc1ccc2ccccc2c1)C(=O)O. The number of aliphatic carboxylic acids is 1. The van der Waals surface area contributed by atoms with Crippen molar-refractivity contribution in [3.05, 3.63) is 48.0 Å². The summed E-state index contributed by atoms with van der Waals surface area (Å²) in [6.45, 7) is 1.45. The number of hydrogen-bond donors (Lipinski definition) is 2. The number of carbonyl (C=O) groups excluding carboxylic acids is 1. The summed E-state index contributed by atoms with van der Waals surface area (Å²) in [7, 11) is 0. The first-order chi connectivity index (χ1) is 9.06. The van der Waals surface area contributed by atoms with Gasteiger partial charge in [-0.2, -0.15) is 0 Å². The van der Waals surface area contributed by atoms with E-state index in [2.05, 4.69) is 5.32 Å². The quantitative estimate of drug-likeness (QED) is 0.880. The molecule has 2 N–H and O–H groups in total. The Balaban J connectivity index is 2.09. The number of carboxylic acid groups (broad SMARTS) is 1. The Labute approximate surface area is 111 Å². The molecule has 0 heterocycles. The molecule has 1 amide bonds. The van der Waals surface area contributed by atoms with E-state index in [1.807, 2.05) is 42.5 Å². The highest BCUT2D eigenvalue weighted by atomic mass is 16.4. The first-order valence-electron chi connectivity index (χ1n) is 6.06. The van der Waals surface area contributed by atoms with E-state index in [0.717, 1.165) is 16.3 Å². The maximum absolute atomic E-state index is 11.7. The van der Waals surface area contributed by atoms with Gasteiger partial charge in [0.1, 0.15) is 6.04 Å². The van der Waals surface area contributed by atoms with Crippen LogP contribution in [0.1, 0.15) is 12.5 Å². The number of hydrogen-bond acceptors (Lipinski definition) is 2. The summed E-state index contributed by atoms with van der Waals surface area (Å²) in [5.41, 5.74) is 0.869. The highest BCUT2D eigenvalue weighted by Crippen LogP contribution is 2.15. The third-order valence-corrected chi connectivity index (χ3v) is 2.93. The molecule has 0 aromatic heterocycles. The van der Waals surface area contributed by atoms with E-state index in [0.29, 0.717) is 0 Å². The van der Waals surface area contributed by atoms with Crippen LogP contribution in [0.15, 0.2) is 42.5 Å². The van der Waals surface area contributed by atoms with Crippen molar-refractivity contribution in [3.63, 3.8) is 0 Å². The van der Waals surface area contributed by atoms with E-state index in [-0.39, 0.29) is 12.3 Å². The van der Waals surface area contributed by atoms with Crippen LogP contribution in [0, 0.1) is 0 Å². The highest BCUT2D eigenvalue weighted by Gasteiger charge is 2.13. The van der Waals surface area contributed by atoms with E-state index in [1.165, 1.54) is 6.92 Å². The zero-order chi connectivity index (χ0) is 13.8. The first-order valence-corrected chi connectivity index (χ1v) is 6.06. The molecule has 2 aromatic carbocycles. The van der Waals surface area contributed by atoms with Crippen LogP contribution >= 0.6 is 0 Å². The lowest BCUT2D eigenvalue weighted by molar-refractivity contribution is -0.141. The zero-order valence-electron chi connectivity index (χ0n) is 10.6. The van der Waals surface area contributed by atoms with E-state index in [1.54, 1.807) is 0 Å². The van der Waals surface area contributed by atoms with E-state index in [4.69, 9.17) is 5.11 Å². The number of fused-ring (bicyclic) bond motifs is 1.